The fraction of sp³-hybridized carbons (Fsp3) is 0.316. The van der Waals surface area contributed by atoms with Gasteiger partial charge in [0.1, 0.15) is 11.8 Å². The van der Waals surface area contributed by atoms with E-state index in [1.165, 1.54) is 10.6 Å². The molecule has 1 aromatic carbocycles. The molecule has 1 saturated heterocycles. The summed E-state index contributed by atoms with van der Waals surface area (Å²) in [4.78, 5) is 15.7. The highest BCUT2D eigenvalue weighted by Crippen LogP contribution is 2.24. The van der Waals surface area contributed by atoms with Crippen molar-refractivity contribution in [2.45, 2.75) is 18.7 Å². The summed E-state index contributed by atoms with van der Waals surface area (Å²) in [5, 5.41) is 0. The number of aromatic nitrogens is 3. The van der Waals surface area contributed by atoms with E-state index in [1.807, 2.05) is 38.1 Å². The molecule has 8 heteroatoms. The third-order valence-corrected chi connectivity index (χ3v) is 6.71. The Balaban J connectivity index is 1.56. The zero-order valence-corrected chi connectivity index (χ0v) is 16.1. The summed E-state index contributed by atoms with van der Waals surface area (Å²) in [6.45, 7) is 5.82. The lowest BCUT2D eigenvalue weighted by atomic mass is 10.2. The number of benzene rings is 1. The second-order valence-corrected chi connectivity index (χ2v) is 8.66. The number of nitrogens with zero attached hydrogens (tertiary/aromatic N) is 5. The van der Waals surface area contributed by atoms with Gasteiger partial charge in [-0.05, 0) is 38.1 Å². The van der Waals surface area contributed by atoms with Crippen molar-refractivity contribution >= 4 is 26.9 Å². The molecule has 2 aromatic heterocycles. The van der Waals surface area contributed by atoms with Crippen molar-refractivity contribution < 1.29 is 8.42 Å². The maximum absolute atomic E-state index is 12.9. The molecule has 27 heavy (non-hydrogen) atoms. The standard InChI is InChI=1S/C19H21N5O2S/c1-14-3-6-16(7-4-14)27(25,26)24-11-9-23(10-12-24)19-18-17(20-13-21-19)8-5-15(2)22-18/h3-8,13H,9-12H2,1-2H3. The van der Waals surface area contributed by atoms with Crippen molar-refractivity contribution in [2.24, 2.45) is 0 Å². The van der Waals surface area contributed by atoms with Crippen LogP contribution in [0.15, 0.2) is 47.6 Å². The molecule has 3 aromatic rings. The Morgan fingerprint density at radius 2 is 1.59 bits per heavy atom. The number of piperazine rings is 1. The molecule has 0 N–H and O–H groups in total. The van der Waals surface area contributed by atoms with Gasteiger partial charge in [0.2, 0.25) is 10.0 Å². The van der Waals surface area contributed by atoms with Crippen LogP contribution in [0.2, 0.25) is 0 Å². The van der Waals surface area contributed by atoms with E-state index < -0.39 is 10.0 Å². The predicted molar refractivity (Wildman–Crippen MR) is 104 cm³/mol. The highest BCUT2D eigenvalue weighted by Gasteiger charge is 2.29. The van der Waals surface area contributed by atoms with Crippen LogP contribution in [0.3, 0.4) is 0 Å². The Kier molecular flexibility index (Phi) is 4.53. The van der Waals surface area contributed by atoms with Crippen molar-refractivity contribution in [3.05, 3.63) is 54.0 Å². The molecule has 1 aliphatic heterocycles. The minimum atomic E-state index is -3.48. The molecule has 0 radical (unpaired) electrons. The van der Waals surface area contributed by atoms with E-state index in [2.05, 4.69) is 19.9 Å². The predicted octanol–water partition coefficient (Wildman–Crippen LogP) is 2.15. The Morgan fingerprint density at radius 1 is 0.889 bits per heavy atom. The first-order valence-corrected chi connectivity index (χ1v) is 10.3. The van der Waals surface area contributed by atoms with E-state index >= 15 is 0 Å². The van der Waals surface area contributed by atoms with Crippen LogP contribution in [0.4, 0.5) is 5.82 Å². The highest BCUT2D eigenvalue weighted by atomic mass is 32.2. The smallest absolute Gasteiger partial charge is 0.243 e. The SMILES string of the molecule is Cc1ccc(S(=O)(=O)N2CCN(c3ncnc4ccc(C)nc34)CC2)cc1. The van der Waals surface area contributed by atoms with Gasteiger partial charge in [0.15, 0.2) is 5.82 Å². The second-order valence-electron chi connectivity index (χ2n) is 6.72. The molecule has 0 saturated carbocycles. The molecule has 1 aliphatic rings. The average molecular weight is 383 g/mol. The molecule has 4 rings (SSSR count). The number of fused-ring (bicyclic) bond motifs is 1. The van der Waals surface area contributed by atoms with E-state index in [9.17, 15) is 8.42 Å². The van der Waals surface area contributed by atoms with Gasteiger partial charge in [-0.3, -0.25) is 0 Å². The molecule has 1 fully saturated rings. The molecule has 3 heterocycles. The summed E-state index contributed by atoms with van der Waals surface area (Å²) in [6, 6.07) is 10.8. The monoisotopic (exact) mass is 383 g/mol. The number of aryl methyl sites for hydroxylation is 2. The van der Waals surface area contributed by atoms with Crippen molar-refractivity contribution in [2.75, 3.05) is 31.1 Å². The highest BCUT2D eigenvalue weighted by molar-refractivity contribution is 7.89. The Hall–Kier alpha value is -2.58. The van der Waals surface area contributed by atoms with Crippen LogP contribution < -0.4 is 4.90 Å². The Bertz CT molecular complexity index is 1070. The number of rotatable bonds is 3. The van der Waals surface area contributed by atoms with E-state index in [1.54, 1.807) is 12.1 Å². The summed E-state index contributed by atoms with van der Waals surface area (Å²) in [5.74, 6) is 0.760. The molecule has 0 amide bonds. The van der Waals surface area contributed by atoms with Crippen molar-refractivity contribution in [1.82, 2.24) is 19.3 Å². The van der Waals surface area contributed by atoms with E-state index in [0.29, 0.717) is 31.1 Å². The fourth-order valence-corrected chi connectivity index (χ4v) is 4.68. The summed E-state index contributed by atoms with van der Waals surface area (Å²) >= 11 is 0. The zero-order chi connectivity index (χ0) is 19.0. The molecule has 0 bridgehead atoms. The Morgan fingerprint density at radius 3 is 2.30 bits per heavy atom. The van der Waals surface area contributed by atoms with Gasteiger partial charge in [0.05, 0.1) is 10.4 Å². The number of anilines is 1. The lowest BCUT2D eigenvalue weighted by molar-refractivity contribution is 0.384. The van der Waals surface area contributed by atoms with Crippen LogP contribution in [-0.2, 0) is 10.0 Å². The number of pyridine rings is 1. The molecular weight excluding hydrogens is 362 g/mol. The van der Waals surface area contributed by atoms with Gasteiger partial charge in [-0.1, -0.05) is 17.7 Å². The third-order valence-electron chi connectivity index (χ3n) is 4.80. The van der Waals surface area contributed by atoms with Crippen LogP contribution in [-0.4, -0.2) is 53.9 Å². The average Bonchev–Trinajstić information content (AvgIpc) is 2.68. The van der Waals surface area contributed by atoms with Crippen molar-refractivity contribution in [3.8, 4) is 0 Å². The van der Waals surface area contributed by atoms with Crippen LogP contribution in [0.5, 0.6) is 0 Å². The summed E-state index contributed by atoms with van der Waals surface area (Å²) < 4.78 is 27.3. The summed E-state index contributed by atoms with van der Waals surface area (Å²) in [7, 11) is -3.48. The molecule has 0 aliphatic carbocycles. The van der Waals surface area contributed by atoms with Crippen LogP contribution >= 0.6 is 0 Å². The van der Waals surface area contributed by atoms with Crippen molar-refractivity contribution in [1.29, 1.82) is 0 Å². The summed E-state index contributed by atoms with van der Waals surface area (Å²) in [6.07, 6.45) is 1.53. The first kappa shape index (κ1) is 17.8. The van der Waals surface area contributed by atoms with Gasteiger partial charge in [0, 0.05) is 31.9 Å². The first-order chi connectivity index (χ1) is 12.9. The lowest BCUT2D eigenvalue weighted by Gasteiger charge is -2.34. The minimum Gasteiger partial charge on any atom is -0.352 e. The van der Waals surface area contributed by atoms with Gasteiger partial charge in [-0.15, -0.1) is 0 Å². The maximum atomic E-state index is 12.9. The molecule has 140 valence electrons. The minimum absolute atomic E-state index is 0.339. The third kappa shape index (κ3) is 3.38. The number of hydrogen-bond donors (Lipinski definition) is 0. The van der Waals surface area contributed by atoms with Crippen LogP contribution in [0, 0.1) is 13.8 Å². The van der Waals surface area contributed by atoms with Gasteiger partial charge >= 0.3 is 0 Å². The van der Waals surface area contributed by atoms with Crippen LogP contribution in [0.1, 0.15) is 11.3 Å². The number of sulfonamides is 1. The quantitative estimate of drug-likeness (QED) is 0.690. The molecule has 7 nitrogen and oxygen atoms in total. The lowest BCUT2D eigenvalue weighted by Crippen LogP contribution is -2.49. The molecular formula is C19H21N5O2S. The molecule has 0 unspecified atom stereocenters. The molecule has 0 spiro atoms. The Labute approximate surface area is 158 Å². The van der Waals surface area contributed by atoms with Crippen molar-refractivity contribution in [3.63, 3.8) is 0 Å². The van der Waals surface area contributed by atoms with E-state index in [4.69, 9.17) is 0 Å². The normalized spacial score (nSPS) is 16.0. The zero-order valence-electron chi connectivity index (χ0n) is 15.3. The fourth-order valence-electron chi connectivity index (χ4n) is 3.26. The van der Waals surface area contributed by atoms with E-state index in [-0.39, 0.29) is 0 Å². The summed E-state index contributed by atoms with van der Waals surface area (Å²) in [5.41, 5.74) is 3.49. The van der Waals surface area contributed by atoms with Gasteiger partial charge in [-0.2, -0.15) is 4.31 Å². The van der Waals surface area contributed by atoms with Gasteiger partial charge in [-0.25, -0.2) is 23.4 Å². The molecule has 0 atom stereocenters. The van der Waals surface area contributed by atoms with Gasteiger partial charge < -0.3 is 4.90 Å². The largest absolute Gasteiger partial charge is 0.352 e. The topological polar surface area (TPSA) is 79.3 Å². The van der Waals surface area contributed by atoms with Gasteiger partial charge in [0.25, 0.3) is 0 Å². The first-order valence-electron chi connectivity index (χ1n) is 8.85. The second kappa shape index (κ2) is 6.86. The number of hydrogen-bond acceptors (Lipinski definition) is 6. The maximum Gasteiger partial charge on any atom is 0.243 e. The van der Waals surface area contributed by atoms with E-state index in [0.717, 1.165) is 28.1 Å². The van der Waals surface area contributed by atoms with Crippen LogP contribution in [0.25, 0.3) is 11.0 Å².